The number of nitrogens with zero attached hydrogens (tertiary/aromatic N) is 2. The Bertz CT molecular complexity index is 1370. The van der Waals surface area contributed by atoms with E-state index >= 15 is 0 Å². The minimum Gasteiger partial charge on any atom is -0.497 e. The van der Waals surface area contributed by atoms with E-state index in [4.69, 9.17) is 4.74 Å². The molecule has 0 radical (unpaired) electrons. The number of hydrogen-bond acceptors (Lipinski definition) is 5. The number of carbonyl (C=O) groups is 2. The predicted molar refractivity (Wildman–Crippen MR) is 153 cm³/mol. The van der Waals surface area contributed by atoms with Crippen molar-refractivity contribution >= 4 is 27.5 Å². The lowest BCUT2D eigenvalue weighted by molar-refractivity contribution is -0.139. The Kier molecular flexibility index (Phi) is 10.1. The summed E-state index contributed by atoms with van der Waals surface area (Å²) in [6, 6.07) is 20.1. The molecular weight excluding hydrogens is 514 g/mol. The highest BCUT2D eigenvalue weighted by Gasteiger charge is 2.33. The molecule has 208 valence electrons. The number of rotatable bonds is 12. The van der Waals surface area contributed by atoms with Crippen LogP contribution < -0.4 is 14.4 Å². The van der Waals surface area contributed by atoms with Gasteiger partial charge in [-0.15, -0.1) is 0 Å². The number of para-hydroxylation sites is 1. The Morgan fingerprint density at radius 2 is 1.59 bits per heavy atom. The van der Waals surface area contributed by atoms with Crippen molar-refractivity contribution < 1.29 is 22.7 Å². The summed E-state index contributed by atoms with van der Waals surface area (Å²) in [5, 5.41) is 2.76. The molecule has 0 aliphatic carbocycles. The molecule has 1 atom stereocenters. The molecule has 3 aromatic carbocycles. The normalized spacial score (nSPS) is 11.9. The highest BCUT2D eigenvalue weighted by atomic mass is 32.2. The molecule has 0 aliphatic heterocycles. The molecule has 0 unspecified atom stereocenters. The van der Waals surface area contributed by atoms with E-state index in [0.717, 1.165) is 21.0 Å². The van der Waals surface area contributed by atoms with Crippen LogP contribution >= 0.6 is 0 Å². The fourth-order valence-corrected chi connectivity index (χ4v) is 5.69. The van der Waals surface area contributed by atoms with Crippen LogP contribution in [0.3, 0.4) is 0 Å². The van der Waals surface area contributed by atoms with Crippen LogP contribution in [0.25, 0.3) is 0 Å². The van der Waals surface area contributed by atoms with Gasteiger partial charge in [0.2, 0.25) is 11.8 Å². The maximum Gasteiger partial charge on any atom is 0.264 e. The third kappa shape index (κ3) is 7.17. The molecule has 0 saturated heterocycles. The zero-order valence-corrected chi connectivity index (χ0v) is 24.0. The van der Waals surface area contributed by atoms with Gasteiger partial charge in [0.05, 0.1) is 17.7 Å². The molecule has 9 heteroatoms. The second-order valence-corrected chi connectivity index (χ2v) is 11.1. The molecule has 0 saturated carbocycles. The Hall–Kier alpha value is -3.85. The van der Waals surface area contributed by atoms with E-state index in [1.807, 2.05) is 38.1 Å². The van der Waals surface area contributed by atoms with E-state index in [1.165, 1.54) is 4.90 Å². The first-order chi connectivity index (χ1) is 18.6. The number of ether oxygens (including phenoxy) is 1. The molecule has 1 N–H and O–H groups in total. The average Bonchev–Trinajstić information content (AvgIpc) is 2.94. The number of likely N-dealkylation sites (N-methyl/N-ethyl adjacent to an activating group) is 1. The summed E-state index contributed by atoms with van der Waals surface area (Å²) in [6.45, 7) is 7.32. The molecule has 39 heavy (non-hydrogen) atoms. The quantitative estimate of drug-likeness (QED) is 0.362. The molecular formula is C30H37N3O5S. The van der Waals surface area contributed by atoms with Gasteiger partial charge < -0.3 is 15.0 Å². The second kappa shape index (κ2) is 13.3. The van der Waals surface area contributed by atoms with Crippen LogP contribution in [0.1, 0.15) is 37.5 Å². The SMILES string of the molecule is CCNC(=O)[C@H](C)N(Cc1ccc(OC)cc1)C(=O)CN(c1ccccc1CC)S(=O)(=O)c1ccc(C)cc1. The van der Waals surface area contributed by atoms with Gasteiger partial charge in [-0.2, -0.15) is 0 Å². The van der Waals surface area contributed by atoms with Crippen molar-refractivity contribution in [1.82, 2.24) is 10.2 Å². The van der Waals surface area contributed by atoms with Crippen molar-refractivity contribution in [2.75, 3.05) is 24.5 Å². The summed E-state index contributed by atoms with van der Waals surface area (Å²) in [5.41, 5.74) is 2.93. The third-order valence-electron chi connectivity index (χ3n) is 6.56. The molecule has 0 fully saturated rings. The molecule has 0 aliphatic rings. The van der Waals surface area contributed by atoms with Gasteiger partial charge in [0.25, 0.3) is 10.0 Å². The van der Waals surface area contributed by atoms with Gasteiger partial charge in [-0.25, -0.2) is 8.42 Å². The topological polar surface area (TPSA) is 96.0 Å². The fourth-order valence-electron chi connectivity index (χ4n) is 4.24. The molecule has 0 spiro atoms. The first kappa shape index (κ1) is 29.7. The Morgan fingerprint density at radius 3 is 2.18 bits per heavy atom. The maximum atomic E-state index is 14.0. The zero-order valence-electron chi connectivity index (χ0n) is 23.2. The number of amides is 2. The van der Waals surface area contributed by atoms with Gasteiger partial charge in [-0.3, -0.25) is 13.9 Å². The number of sulfonamides is 1. The first-order valence-corrected chi connectivity index (χ1v) is 14.4. The van der Waals surface area contributed by atoms with Crippen molar-refractivity contribution in [3.63, 3.8) is 0 Å². The summed E-state index contributed by atoms with van der Waals surface area (Å²) >= 11 is 0. The van der Waals surface area contributed by atoms with Crippen LogP contribution in [0.5, 0.6) is 5.75 Å². The first-order valence-electron chi connectivity index (χ1n) is 13.0. The third-order valence-corrected chi connectivity index (χ3v) is 8.33. The summed E-state index contributed by atoms with van der Waals surface area (Å²) in [6.07, 6.45) is 0.579. The van der Waals surface area contributed by atoms with Crippen molar-refractivity contribution in [2.45, 2.75) is 51.6 Å². The standard InChI is InChI=1S/C30H37N3O5S/c1-6-25-10-8-9-11-28(25)33(39(36,37)27-18-12-22(3)13-19-27)21-29(34)32(23(4)30(35)31-7-2)20-24-14-16-26(38-5)17-15-24/h8-19,23H,6-7,20-21H2,1-5H3,(H,31,35)/t23-/m0/s1. The van der Waals surface area contributed by atoms with E-state index in [1.54, 1.807) is 69.5 Å². The van der Waals surface area contributed by atoms with Crippen molar-refractivity contribution in [3.05, 3.63) is 89.5 Å². The minimum atomic E-state index is -4.10. The van der Waals surface area contributed by atoms with Gasteiger partial charge in [0.15, 0.2) is 0 Å². The van der Waals surface area contributed by atoms with Gasteiger partial charge in [-0.1, -0.05) is 55.0 Å². The van der Waals surface area contributed by atoms with E-state index in [2.05, 4.69) is 5.32 Å². The van der Waals surface area contributed by atoms with Gasteiger partial charge >= 0.3 is 0 Å². The predicted octanol–water partition coefficient (Wildman–Crippen LogP) is 4.31. The van der Waals surface area contributed by atoms with Crippen LogP contribution in [0.15, 0.2) is 77.7 Å². The van der Waals surface area contributed by atoms with E-state index in [9.17, 15) is 18.0 Å². The summed E-state index contributed by atoms with van der Waals surface area (Å²) in [4.78, 5) is 28.3. The summed E-state index contributed by atoms with van der Waals surface area (Å²) < 4.78 is 34.3. The van der Waals surface area contributed by atoms with Gasteiger partial charge in [0, 0.05) is 13.1 Å². The van der Waals surface area contributed by atoms with Crippen molar-refractivity contribution in [3.8, 4) is 5.75 Å². The number of anilines is 1. The van der Waals surface area contributed by atoms with Crippen LogP contribution in [-0.2, 0) is 32.6 Å². The highest BCUT2D eigenvalue weighted by molar-refractivity contribution is 7.92. The van der Waals surface area contributed by atoms with E-state index in [0.29, 0.717) is 24.4 Å². The lowest BCUT2D eigenvalue weighted by atomic mass is 10.1. The Balaban J connectivity index is 2.05. The maximum absolute atomic E-state index is 14.0. The van der Waals surface area contributed by atoms with Crippen molar-refractivity contribution in [1.29, 1.82) is 0 Å². The van der Waals surface area contributed by atoms with Crippen LogP contribution in [0.4, 0.5) is 5.69 Å². The largest absolute Gasteiger partial charge is 0.497 e. The lowest BCUT2D eigenvalue weighted by Crippen LogP contribution is -2.51. The number of hydrogen-bond donors (Lipinski definition) is 1. The van der Waals surface area contributed by atoms with Crippen LogP contribution in [0.2, 0.25) is 0 Å². The number of nitrogens with one attached hydrogen (secondary N) is 1. The van der Waals surface area contributed by atoms with Gasteiger partial charge in [0.1, 0.15) is 18.3 Å². The molecule has 0 bridgehead atoms. The number of aryl methyl sites for hydroxylation is 2. The zero-order chi connectivity index (χ0) is 28.6. The van der Waals surface area contributed by atoms with E-state index < -0.39 is 28.5 Å². The smallest absolute Gasteiger partial charge is 0.264 e. The number of methoxy groups -OCH3 is 1. The van der Waals surface area contributed by atoms with Crippen LogP contribution in [0, 0.1) is 6.92 Å². The monoisotopic (exact) mass is 551 g/mol. The molecule has 8 nitrogen and oxygen atoms in total. The average molecular weight is 552 g/mol. The Labute approximate surface area is 231 Å². The molecule has 3 rings (SSSR count). The number of carbonyl (C=O) groups excluding carboxylic acids is 2. The van der Waals surface area contributed by atoms with Gasteiger partial charge in [-0.05, 0) is 68.7 Å². The molecule has 0 aromatic heterocycles. The fraction of sp³-hybridized carbons (Fsp3) is 0.333. The highest BCUT2D eigenvalue weighted by Crippen LogP contribution is 2.28. The molecule has 2 amide bonds. The lowest BCUT2D eigenvalue weighted by Gasteiger charge is -2.32. The Morgan fingerprint density at radius 1 is 0.949 bits per heavy atom. The van der Waals surface area contributed by atoms with Crippen LogP contribution in [-0.4, -0.2) is 51.4 Å². The summed E-state index contributed by atoms with van der Waals surface area (Å²) in [7, 11) is -2.53. The van der Waals surface area contributed by atoms with E-state index in [-0.39, 0.29) is 17.3 Å². The molecule has 3 aromatic rings. The minimum absolute atomic E-state index is 0.0882. The van der Waals surface area contributed by atoms with Crippen molar-refractivity contribution in [2.24, 2.45) is 0 Å². The second-order valence-electron chi connectivity index (χ2n) is 9.25. The number of benzene rings is 3. The summed E-state index contributed by atoms with van der Waals surface area (Å²) in [5.74, 6) is -0.146. The molecule has 0 heterocycles.